The summed E-state index contributed by atoms with van der Waals surface area (Å²) in [6.07, 6.45) is 5.67. The van der Waals surface area contributed by atoms with Crippen molar-refractivity contribution < 1.29 is 0 Å². The molecule has 1 nitrogen and oxygen atoms in total. The van der Waals surface area contributed by atoms with Crippen molar-refractivity contribution in [1.82, 2.24) is 0 Å². The van der Waals surface area contributed by atoms with Crippen LogP contribution in [0.4, 0.5) is 5.69 Å². The van der Waals surface area contributed by atoms with Crippen LogP contribution in [0.3, 0.4) is 0 Å². The molecule has 4 aromatic rings. The van der Waals surface area contributed by atoms with E-state index in [4.69, 9.17) is 0 Å². The van der Waals surface area contributed by atoms with Crippen molar-refractivity contribution >= 4 is 26.3 Å². The standard InChI is InChI=1S/C33H32NSe/c1-5-25(32-33(2,3)28-18-12-13-19-29(28)34(32)4)21-20-24-22-30(26-14-8-6-9-15-26)35-31(23-24)27-16-10-7-11-17-27/h6-23H,5H2,1-4H3/q+1. The molecule has 1 aliphatic rings. The minimum absolute atomic E-state index is 0.0164. The molecule has 3 aromatic carbocycles. The molecule has 0 saturated heterocycles. The zero-order valence-corrected chi connectivity index (χ0v) is 22.7. The molecule has 0 aliphatic carbocycles. The number of hydrogen-bond donors (Lipinski definition) is 0. The van der Waals surface area contributed by atoms with Crippen molar-refractivity contribution in [3.05, 3.63) is 126 Å². The average Bonchev–Trinajstić information content (AvgIpc) is 3.11. The van der Waals surface area contributed by atoms with Crippen LogP contribution >= 0.6 is 0 Å². The molecule has 2 heteroatoms. The summed E-state index contributed by atoms with van der Waals surface area (Å²) in [6, 6.07) is 35.2. The topological polar surface area (TPSA) is 3.24 Å². The first-order valence-electron chi connectivity index (χ1n) is 12.3. The molecule has 0 atom stereocenters. The van der Waals surface area contributed by atoms with Crippen molar-refractivity contribution in [2.45, 2.75) is 32.6 Å². The molecule has 0 fully saturated rings. The molecule has 174 valence electrons. The Balaban J connectivity index is 1.60. The first-order valence-corrected chi connectivity index (χ1v) is 14.0. The molecular formula is C33H32NSe+. The quantitative estimate of drug-likeness (QED) is 0.238. The average molecular weight is 522 g/mol. The SMILES string of the molecule is CCC(C=Cc1cc(-c2ccccc2)[se+]c(-c2ccccc2)c1)=C1N(C)c2ccccc2C1(C)C. The summed E-state index contributed by atoms with van der Waals surface area (Å²) in [5, 5.41) is 0. The number of rotatable bonds is 5. The molecule has 5 rings (SSSR count). The van der Waals surface area contributed by atoms with Gasteiger partial charge in [-0.05, 0) is 0 Å². The maximum absolute atomic E-state index is 2.39. The molecule has 2 heterocycles. The summed E-state index contributed by atoms with van der Waals surface area (Å²) < 4.78 is 2.85. The van der Waals surface area contributed by atoms with E-state index in [0.29, 0.717) is 0 Å². The predicted octanol–water partition coefficient (Wildman–Crippen LogP) is 8.46. The second-order valence-corrected chi connectivity index (χ2v) is 11.9. The number of benzene rings is 3. The van der Waals surface area contributed by atoms with Gasteiger partial charge in [-0.3, -0.25) is 0 Å². The third kappa shape index (κ3) is 4.57. The van der Waals surface area contributed by atoms with E-state index < -0.39 is 0 Å². The molecule has 0 spiro atoms. The van der Waals surface area contributed by atoms with Gasteiger partial charge in [0.2, 0.25) is 0 Å². The molecular weight excluding hydrogens is 489 g/mol. The fraction of sp³-hybridized carbons (Fsp3) is 0.182. The summed E-state index contributed by atoms with van der Waals surface area (Å²) in [4.78, 5) is 2.39. The van der Waals surface area contributed by atoms with Crippen LogP contribution in [-0.4, -0.2) is 21.6 Å². The third-order valence-electron chi connectivity index (χ3n) is 6.96. The summed E-state index contributed by atoms with van der Waals surface area (Å²) in [6.45, 7) is 6.97. The molecule has 1 aliphatic heterocycles. The van der Waals surface area contributed by atoms with E-state index in [9.17, 15) is 0 Å². The monoisotopic (exact) mass is 522 g/mol. The van der Waals surface area contributed by atoms with Crippen LogP contribution < -0.4 is 4.90 Å². The molecule has 0 unspecified atom stereocenters. The molecule has 0 radical (unpaired) electrons. The molecule has 0 saturated carbocycles. The van der Waals surface area contributed by atoms with Crippen LogP contribution in [0.15, 0.2) is 114 Å². The summed E-state index contributed by atoms with van der Waals surface area (Å²) in [5.41, 5.74) is 9.40. The fourth-order valence-electron chi connectivity index (χ4n) is 5.25. The number of para-hydroxylation sites is 1. The number of allylic oxidation sites excluding steroid dienone is 3. The van der Waals surface area contributed by atoms with Gasteiger partial charge >= 0.3 is 216 Å². The van der Waals surface area contributed by atoms with Crippen molar-refractivity contribution in [2.75, 3.05) is 11.9 Å². The Kier molecular flexibility index (Phi) is 6.60. The van der Waals surface area contributed by atoms with Gasteiger partial charge in [-0.25, -0.2) is 0 Å². The second-order valence-electron chi connectivity index (χ2n) is 9.61. The van der Waals surface area contributed by atoms with Crippen molar-refractivity contribution in [3.8, 4) is 20.0 Å². The molecule has 0 N–H and O–H groups in total. The Morgan fingerprint density at radius 3 is 1.89 bits per heavy atom. The van der Waals surface area contributed by atoms with Crippen LogP contribution in [0.5, 0.6) is 0 Å². The van der Waals surface area contributed by atoms with Gasteiger partial charge in [-0.1, -0.05) is 0 Å². The first-order chi connectivity index (χ1) is 17.0. The van der Waals surface area contributed by atoms with Crippen LogP contribution in [0.25, 0.3) is 26.1 Å². The Morgan fingerprint density at radius 2 is 1.34 bits per heavy atom. The van der Waals surface area contributed by atoms with Gasteiger partial charge in [-0.2, -0.15) is 0 Å². The Bertz CT molecular complexity index is 1340. The zero-order chi connectivity index (χ0) is 24.4. The Hall–Kier alpha value is -3.19. The van der Waals surface area contributed by atoms with E-state index >= 15 is 0 Å². The van der Waals surface area contributed by atoms with Gasteiger partial charge in [-0.15, -0.1) is 0 Å². The summed E-state index contributed by atoms with van der Waals surface area (Å²) in [5.74, 6) is 0. The number of hydrogen-bond acceptors (Lipinski definition) is 1. The normalized spacial score (nSPS) is 15.9. The second kappa shape index (κ2) is 9.82. The van der Waals surface area contributed by atoms with E-state index in [0.717, 1.165) is 6.42 Å². The Labute approximate surface area is 215 Å². The van der Waals surface area contributed by atoms with Gasteiger partial charge in [0, 0.05) is 0 Å². The number of likely N-dealkylation sites (N-methyl/N-ethyl adjacent to an activating group) is 1. The third-order valence-corrected chi connectivity index (χ3v) is 9.37. The first kappa shape index (κ1) is 23.5. The van der Waals surface area contributed by atoms with E-state index in [2.05, 4.69) is 142 Å². The molecule has 35 heavy (non-hydrogen) atoms. The van der Waals surface area contributed by atoms with Gasteiger partial charge in [0.1, 0.15) is 0 Å². The van der Waals surface area contributed by atoms with Gasteiger partial charge in [0.25, 0.3) is 0 Å². The number of anilines is 1. The molecule has 0 bridgehead atoms. The van der Waals surface area contributed by atoms with E-state index in [1.807, 2.05) is 0 Å². The van der Waals surface area contributed by atoms with Gasteiger partial charge in [0.15, 0.2) is 0 Å². The van der Waals surface area contributed by atoms with E-state index in [-0.39, 0.29) is 19.9 Å². The Morgan fingerprint density at radius 1 is 0.800 bits per heavy atom. The van der Waals surface area contributed by atoms with E-state index in [1.165, 1.54) is 48.1 Å². The summed E-state index contributed by atoms with van der Waals surface area (Å²) in [7, 11) is 2.21. The number of fused-ring (bicyclic) bond motifs is 1. The van der Waals surface area contributed by atoms with Crippen molar-refractivity contribution in [3.63, 3.8) is 0 Å². The van der Waals surface area contributed by atoms with Crippen LogP contribution in [0.1, 0.15) is 38.3 Å². The summed E-state index contributed by atoms with van der Waals surface area (Å²) >= 11 is 0.265. The molecule has 1 aromatic heterocycles. The predicted molar refractivity (Wildman–Crippen MR) is 153 cm³/mol. The fourth-order valence-corrected chi connectivity index (χ4v) is 7.63. The van der Waals surface area contributed by atoms with Gasteiger partial charge < -0.3 is 0 Å². The van der Waals surface area contributed by atoms with E-state index in [1.54, 1.807) is 0 Å². The zero-order valence-electron chi connectivity index (χ0n) is 21.0. The van der Waals surface area contributed by atoms with Crippen molar-refractivity contribution in [2.24, 2.45) is 0 Å². The van der Waals surface area contributed by atoms with Gasteiger partial charge in [0.05, 0.1) is 0 Å². The number of nitrogens with zero attached hydrogens (tertiary/aromatic N) is 1. The van der Waals surface area contributed by atoms with Crippen LogP contribution in [0, 0.1) is 0 Å². The minimum atomic E-state index is -0.0164. The van der Waals surface area contributed by atoms with Crippen molar-refractivity contribution in [1.29, 1.82) is 0 Å². The molecule has 0 amide bonds. The van der Waals surface area contributed by atoms with Crippen LogP contribution in [-0.2, 0) is 5.41 Å². The maximum atomic E-state index is 2.39. The van der Waals surface area contributed by atoms with Crippen LogP contribution in [0.2, 0.25) is 0 Å².